The number of benzene rings is 3. The van der Waals surface area contributed by atoms with Gasteiger partial charge < -0.3 is 19.7 Å². The van der Waals surface area contributed by atoms with Gasteiger partial charge in [0.25, 0.3) is 0 Å². The maximum atomic E-state index is 13.4. The van der Waals surface area contributed by atoms with Crippen LogP contribution in [0.1, 0.15) is 30.0 Å². The summed E-state index contributed by atoms with van der Waals surface area (Å²) in [5, 5.41) is 2.98. The van der Waals surface area contributed by atoms with Gasteiger partial charge in [-0.3, -0.25) is 9.59 Å². The molecule has 0 unspecified atom stereocenters. The molecule has 34 heavy (non-hydrogen) atoms. The lowest BCUT2D eigenvalue weighted by Crippen LogP contribution is -2.50. The third kappa shape index (κ3) is 5.73. The Labute approximate surface area is 198 Å². The van der Waals surface area contributed by atoms with Gasteiger partial charge in [0.2, 0.25) is 18.6 Å². The number of amides is 2. The topological polar surface area (TPSA) is 67.9 Å². The van der Waals surface area contributed by atoms with Crippen molar-refractivity contribution in [3.63, 3.8) is 0 Å². The van der Waals surface area contributed by atoms with Crippen LogP contribution in [0.5, 0.6) is 11.5 Å². The summed E-state index contributed by atoms with van der Waals surface area (Å²) in [6.45, 7) is 2.44. The average Bonchev–Trinajstić information content (AvgIpc) is 3.34. The van der Waals surface area contributed by atoms with E-state index in [1.54, 1.807) is 24.0 Å². The average molecular weight is 463 g/mol. The van der Waals surface area contributed by atoms with Crippen molar-refractivity contribution in [2.45, 2.75) is 38.9 Å². The second-order valence-electron chi connectivity index (χ2n) is 8.11. The number of ether oxygens (including phenoxy) is 2. The minimum Gasteiger partial charge on any atom is -0.454 e. The van der Waals surface area contributed by atoms with E-state index in [-0.39, 0.29) is 43.9 Å². The zero-order chi connectivity index (χ0) is 23.9. The van der Waals surface area contributed by atoms with Crippen LogP contribution in [0.15, 0.2) is 72.8 Å². The molecule has 1 aliphatic rings. The SMILES string of the molecule is CCC(=O)N(Cc1ccc(F)cc1)[C@@H](Cc1ccccc1)C(=O)NCc1ccc2c(c1)OCO2. The molecule has 1 N–H and O–H groups in total. The lowest BCUT2D eigenvalue weighted by molar-refractivity contribution is -0.141. The van der Waals surface area contributed by atoms with E-state index in [1.807, 2.05) is 48.5 Å². The Kier molecular flexibility index (Phi) is 7.42. The normalized spacial score (nSPS) is 12.8. The molecule has 3 aromatic rings. The smallest absolute Gasteiger partial charge is 0.243 e. The maximum absolute atomic E-state index is 13.4. The predicted molar refractivity (Wildman–Crippen MR) is 126 cm³/mol. The first-order chi connectivity index (χ1) is 16.5. The van der Waals surface area contributed by atoms with Crippen LogP contribution in [0, 0.1) is 5.82 Å². The number of carbonyl (C=O) groups excluding carboxylic acids is 2. The molecule has 2 amide bonds. The summed E-state index contributed by atoms with van der Waals surface area (Å²) < 4.78 is 24.2. The maximum Gasteiger partial charge on any atom is 0.243 e. The Bertz CT molecular complexity index is 1140. The van der Waals surface area contributed by atoms with Gasteiger partial charge in [-0.15, -0.1) is 0 Å². The lowest BCUT2D eigenvalue weighted by atomic mass is 10.0. The molecule has 0 saturated heterocycles. The zero-order valence-corrected chi connectivity index (χ0v) is 19.0. The van der Waals surface area contributed by atoms with E-state index in [0.29, 0.717) is 17.9 Å². The highest BCUT2D eigenvalue weighted by atomic mass is 19.1. The number of fused-ring (bicyclic) bond motifs is 1. The monoisotopic (exact) mass is 462 g/mol. The standard InChI is InChI=1S/C27H27FN2O4/c1-2-26(31)30(17-20-8-11-22(28)12-9-20)23(14-19-6-4-3-5-7-19)27(32)29-16-21-10-13-24-25(15-21)34-18-33-24/h3-13,15,23H,2,14,16-18H2,1H3,(H,29,32)/t23-/m0/s1. The Balaban J connectivity index is 1.56. The fourth-order valence-corrected chi connectivity index (χ4v) is 3.90. The molecule has 0 aliphatic carbocycles. The fourth-order valence-electron chi connectivity index (χ4n) is 3.90. The van der Waals surface area contributed by atoms with Crippen LogP contribution in [-0.4, -0.2) is 29.5 Å². The molecule has 7 heteroatoms. The van der Waals surface area contributed by atoms with Crippen LogP contribution in [0.25, 0.3) is 0 Å². The first kappa shape index (κ1) is 23.3. The summed E-state index contributed by atoms with van der Waals surface area (Å²) in [4.78, 5) is 28.0. The van der Waals surface area contributed by atoms with Gasteiger partial charge in [0, 0.05) is 25.9 Å². The molecule has 0 aromatic heterocycles. The van der Waals surface area contributed by atoms with Gasteiger partial charge in [-0.1, -0.05) is 55.5 Å². The van der Waals surface area contributed by atoms with Crippen molar-refractivity contribution in [2.24, 2.45) is 0 Å². The number of hydrogen-bond acceptors (Lipinski definition) is 4. The van der Waals surface area contributed by atoms with Crippen molar-refractivity contribution in [3.05, 3.63) is 95.3 Å². The third-order valence-corrected chi connectivity index (χ3v) is 5.74. The number of halogens is 1. The molecule has 0 bridgehead atoms. The second kappa shape index (κ2) is 10.8. The Hall–Kier alpha value is -3.87. The van der Waals surface area contributed by atoms with Gasteiger partial charge in [-0.25, -0.2) is 4.39 Å². The molecule has 1 aliphatic heterocycles. The summed E-state index contributed by atoms with van der Waals surface area (Å²) in [5.41, 5.74) is 2.56. The van der Waals surface area contributed by atoms with Crippen molar-refractivity contribution in [1.82, 2.24) is 10.2 Å². The largest absolute Gasteiger partial charge is 0.454 e. The van der Waals surface area contributed by atoms with Gasteiger partial charge >= 0.3 is 0 Å². The summed E-state index contributed by atoms with van der Waals surface area (Å²) in [6, 6.07) is 20.4. The molecule has 0 fully saturated rings. The second-order valence-corrected chi connectivity index (χ2v) is 8.11. The summed E-state index contributed by atoms with van der Waals surface area (Å²) in [6.07, 6.45) is 0.614. The summed E-state index contributed by atoms with van der Waals surface area (Å²) in [7, 11) is 0. The van der Waals surface area contributed by atoms with Crippen molar-refractivity contribution >= 4 is 11.8 Å². The molecular weight excluding hydrogens is 435 g/mol. The van der Waals surface area contributed by atoms with Crippen molar-refractivity contribution in [1.29, 1.82) is 0 Å². The molecule has 176 valence electrons. The van der Waals surface area contributed by atoms with Crippen LogP contribution >= 0.6 is 0 Å². The molecular formula is C27H27FN2O4. The van der Waals surface area contributed by atoms with Crippen LogP contribution in [0.2, 0.25) is 0 Å². The molecule has 1 heterocycles. The van der Waals surface area contributed by atoms with E-state index in [9.17, 15) is 14.0 Å². The van der Waals surface area contributed by atoms with E-state index in [1.165, 1.54) is 12.1 Å². The lowest BCUT2D eigenvalue weighted by Gasteiger charge is -2.31. The summed E-state index contributed by atoms with van der Waals surface area (Å²) >= 11 is 0. The highest BCUT2D eigenvalue weighted by Crippen LogP contribution is 2.32. The molecule has 0 spiro atoms. The molecule has 6 nitrogen and oxygen atoms in total. The number of rotatable bonds is 9. The quantitative estimate of drug-likeness (QED) is 0.517. The van der Waals surface area contributed by atoms with Gasteiger partial charge in [0.15, 0.2) is 11.5 Å². The van der Waals surface area contributed by atoms with Crippen molar-refractivity contribution < 1.29 is 23.5 Å². The Morgan fingerprint density at radius 2 is 1.65 bits per heavy atom. The van der Waals surface area contributed by atoms with Gasteiger partial charge in [0.05, 0.1) is 0 Å². The number of nitrogens with one attached hydrogen (secondary N) is 1. The van der Waals surface area contributed by atoms with Gasteiger partial charge in [-0.2, -0.15) is 0 Å². The zero-order valence-electron chi connectivity index (χ0n) is 19.0. The minimum atomic E-state index is -0.728. The van der Waals surface area contributed by atoms with Crippen molar-refractivity contribution in [2.75, 3.05) is 6.79 Å². The Morgan fingerprint density at radius 1 is 0.941 bits per heavy atom. The minimum absolute atomic E-state index is 0.150. The van der Waals surface area contributed by atoms with Crippen LogP contribution in [-0.2, 0) is 29.1 Å². The van der Waals surface area contributed by atoms with E-state index in [2.05, 4.69) is 5.32 Å². The number of nitrogens with zero attached hydrogens (tertiary/aromatic N) is 1. The van der Waals surface area contributed by atoms with E-state index in [4.69, 9.17) is 9.47 Å². The third-order valence-electron chi connectivity index (χ3n) is 5.74. The van der Waals surface area contributed by atoms with Crippen LogP contribution in [0.3, 0.4) is 0 Å². The molecule has 3 aromatic carbocycles. The molecule has 0 radical (unpaired) electrons. The molecule has 0 saturated carbocycles. The Morgan fingerprint density at radius 3 is 2.38 bits per heavy atom. The van der Waals surface area contributed by atoms with Crippen LogP contribution in [0.4, 0.5) is 4.39 Å². The summed E-state index contributed by atoms with van der Waals surface area (Å²) in [5.74, 6) is 0.566. The molecule has 4 rings (SSSR count). The highest BCUT2D eigenvalue weighted by molar-refractivity contribution is 5.88. The van der Waals surface area contributed by atoms with Crippen LogP contribution < -0.4 is 14.8 Å². The predicted octanol–water partition coefficient (Wildman–Crippen LogP) is 4.22. The number of carbonyl (C=O) groups is 2. The highest BCUT2D eigenvalue weighted by Gasteiger charge is 2.29. The van der Waals surface area contributed by atoms with Gasteiger partial charge in [0.1, 0.15) is 11.9 Å². The van der Waals surface area contributed by atoms with E-state index < -0.39 is 6.04 Å². The van der Waals surface area contributed by atoms with Crippen molar-refractivity contribution in [3.8, 4) is 11.5 Å². The first-order valence-corrected chi connectivity index (χ1v) is 11.3. The van der Waals surface area contributed by atoms with E-state index >= 15 is 0 Å². The number of hydrogen-bond donors (Lipinski definition) is 1. The van der Waals surface area contributed by atoms with Gasteiger partial charge in [-0.05, 0) is 41.0 Å². The molecule has 1 atom stereocenters. The first-order valence-electron chi connectivity index (χ1n) is 11.3. The van der Waals surface area contributed by atoms with E-state index in [0.717, 1.165) is 16.7 Å². The fraction of sp³-hybridized carbons (Fsp3) is 0.259.